The molecule has 102 valence electrons. The first-order valence-electron chi connectivity index (χ1n) is 7.27. The second-order valence-electron chi connectivity index (χ2n) is 6.33. The molecule has 1 heteroatoms. The molecule has 1 aliphatic rings. The Labute approximate surface area is 120 Å². The minimum absolute atomic E-state index is 0.0667. The highest BCUT2D eigenvalue weighted by Gasteiger charge is 2.30. The number of rotatable bonds is 2. The lowest BCUT2D eigenvalue weighted by Crippen LogP contribution is -2.21. The van der Waals surface area contributed by atoms with Crippen molar-refractivity contribution in [3.63, 3.8) is 0 Å². The van der Waals surface area contributed by atoms with Crippen molar-refractivity contribution in [3.05, 3.63) is 54.1 Å². The molecule has 0 fully saturated rings. The molecule has 0 saturated heterocycles. The molecule has 0 bridgehead atoms. The van der Waals surface area contributed by atoms with E-state index in [0.717, 1.165) is 19.1 Å². The first-order valence-corrected chi connectivity index (χ1v) is 7.27. The maximum atomic E-state index is 11.2. The van der Waals surface area contributed by atoms with Gasteiger partial charge in [0.15, 0.2) is 0 Å². The zero-order chi connectivity index (χ0) is 14.2. The zero-order valence-corrected chi connectivity index (χ0v) is 12.1. The highest BCUT2D eigenvalue weighted by molar-refractivity contribution is 5.95. The summed E-state index contributed by atoms with van der Waals surface area (Å²) < 4.78 is 0. The molecule has 1 unspecified atom stereocenters. The fraction of sp³-hybridized carbons (Fsp3) is 0.316. The molecule has 0 aliphatic heterocycles. The van der Waals surface area contributed by atoms with Gasteiger partial charge in [0.1, 0.15) is 6.29 Å². The first kappa shape index (κ1) is 13.1. The van der Waals surface area contributed by atoms with Crippen molar-refractivity contribution in [2.75, 3.05) is 0 Å². The zero-order valence-electron chi connectivity index (χ0n) is 12.1. The molecule has 0 amide bonds. The molecule has 0 N–H and O–H groups in total. The van der Waals surface area contributed by atoms with E-state index in [9.17, 15) is 4.79 Å². The maximum absolute atomic E-state index is 11.2. The average molecular weight is 264 g/mol. The van der Waals surface area contributed by atoms with Crippen molar-refractivity contribution in [2.45, 2.75) is 26.7 Å². The van der Waals surface area contributed by atoms with Crippen LogP contribution in [0.15, 0.2) is 48.5 Å². The summed E-state index contributed by atoms with van der Waals surface area (Å²) in [6.07, 6.45) is 5.29. The van der Waals surface area contributed by atoms with Gasteiger partial charge in [0.05, 0.1) is 0 Å². The third-order valence-electron chi connectivity index (χ3n) is 4.47. The van der Waals surface area contributed by atoms with Gasteiger partial charge >= 0.3 is 0 Å². The van der Waals surface area contributed by atoms with Crippen molar-refractivity contribution in [2.24, 2.45) is 11.3 Å². The van der Waals surface area contributed by atoms with Crippen LogP contribution >= 0.6 is 0 Å². The van der Waals surface area contributed by atoms with Gasteiger partial charge in [-0.2, -0.15) is 0 Å². The Morgan fingerprint density at radius 2 is 1.85 bits per heavy atom. The number of benzene rings is 2. The Kier molecular flexibility index (Phi) is 3.21. The van der Waals surface area contributed by atoms with Crippen molar-refractivity contribution in [1.82, 2.24) is 0 Å². The molecule has 0 saturated carbocycles. The minimum atomic E-state index is 0.0667. The molecule has 2 aromatic carbocycles. The number of fused-ring (bicyclic) bond motifs is 1. The summed E-state index contributed by atoms with van der Waals surface area (Å²) in [5.74, 6) is 0.0667. The minimum Gasteiger partial charge on any atom is -0.303 e. The summed E-state index contributed by atoms with van der Waals surface area (Å²) in [5.41, 5.74) is 2.72. The Bertz CT molecular complexity index is 674. The van der Waals surface area contributed by atoms with Crippen molar-refractivity contribution < 1.29 is 4.79 Å². The van der Waals surface area contributed by atoms with Crippen LogP contribution in [0.25, 0.3) is 16.3 Å². The molecule has 1 aliphatic carbocycles. The molecule has 0 aromatic heterocycles. The topological polar surface area (TPSA) is 17.1 Å². The van der Waals surface area contributed by atoms with E-state index in [2.05, 4.69) is 62.4 Å². The number of hydrogen-bond acceptors (Lipinski definition) is 1. The number of aldehydes is 1. The first-order chi connectivity index (χ1) is 9.62. The molecular formula is C19H20O. The number of allylic oxidation sites excluding steroid dienone is 2. The fourth-order valence-corrected chi connectivity index (χ4v) is 3.21. The summed E-state index contributed by atoms with van der Waals surface area (Å²) in [4.78, 5) is 11.2. The lowest BCUT2D eigenvalue weighted by molar-refractivity contribution is -0.110. The van der Waals surface area contributed by atoms with Crippen LogP contribution in [0.5, 0.6) is 0 Å². The monoisotopic (exact) mass is 264 g/mol. The molecule has 0 heterocycles. The Morgan fingerprint density at radius 1 is 1.10 bits per heavy atom. The van der Waals surface area contributed by atoms with Crippen molar-refractivity contribution >= 4 is 22.6 Å². The highest BCUT2D eigenvalue weighted by atomic mass is 16.1. The van der Waals surface area contributed by atoms with Crippen molar-refractivity contribution in [3.8, 4) is 0 Å². The molecule has 3 rings (SSSR count). The quantitative estimate of drug-likeness (QED) is 0.708. The van der Waals surface area contributed by atoms with E-state index in [1.165, 1.54) is 21.9 Å². The number of hydrogen-bond donors (Lipinski definition) is 0. The van der Waals surface area contributed by atoms with Crippen LogP contribution in [0, 0.1) is 11.3 Å². The van der Waals surface area contributed by atoms with E-state index in [4.69, 9.17) is 0 Å². The number of carbonyl (C=O) groups is 1. The standard InChI is InChI=1S/C19H20O/c1-19(2)11-10-14(13-20)12-18(19)17-9-5-7-15-6-3-4-8-16(15)17/h3-9,12-14H,10-11H2,1-2H3. The molecule has 20 heavy (non-hydrogen) atoms. The summed E-state index contributed by atoms with van der Waals surface area (Å²) in [6.45, 7) is 4.56. The third kappa shape index (κ3) is 2.18. The van der Waals surface area contributed by atoms with E-state index in [-0.39, 0.29) is 11.3 Å². The summed E-state index contributed by atoms with van der Waals surface area (Å²) >= 11 is 0. The van der Waals surface area contributed by atoms with Gasteiger partial charge in [0, 0.05) is 5.92 Å². The van der Waals surface area contributed by atoms with Crippen LogP contribution in [0.1, 0.15) is 32.3 Å². The van der Waals surface area contributed by atoms with Crippen LogP contribution in [0.4, 0.5) is 0 Å². The van der Waals surface area contributed by atoms with Gasteiger partial charge in [0.25, 0.3) is 0 Å². The molecule has 1 atom stereocenters. The van der Waals surface area contributed by atoms with Gasteiger partial charge in [-0.05, 0) is 40.2 Å². The maximum Gasteiger partial charge on any atom is 0.126 e. The highest BCUT2D eigenvalue weighted by Crippen LogP contribution is 2.45. The Hall–Kier alpha value is -1.89. The second kappa shape index (κ2) is 4.90. The predicted octanol–water partition coefficient (Wildman–Crippen LogP) is 4.86. The lowest BCUT2D eigenvalue weighted by Gasteiger charge is -2.34. The third-order valence-corrected chi connectivity index (χ3v) is 4.47. The van der Waals surface area contributed by atoms with Crippen LogP contribution < -0.4 is 0 Å². The summed E-state index contributed by atoms with van der Waals surface area (Å²) in [5, 5.41) is 2.54. The fourth-order valence-electron chi connectivity index (χ4n) is 3.21. The van der Waals surface area contributed by atoms with Gasteiger partial charge in [-0.15, -0.1) is 0 Å². The van der Waals surface area contributed by atoms with Crippen LogP contribution in [-0.2, 0) is 4.79 Å². The Morgan fingerprint density at radius 3 is 2.65 bits per heavy atom. The molecular weight excluding hydrogens is 244 g/mol. The second-order valence-corrected chi connectivity index (χ2v) is 6.33. The van der Waals surface area contributed by atoms with E-state index in [1.54, 1.807) is 0 Å². The smallest absolute Gasteiger partial charge is 0.126 e. The number of carbonyl (C=O) groups excluding carboxylic acids is 1. The van der Waals surface area contributed by atoms with Crippen LogP contribution in [0.2, 0.25) is 0 Å². The van der Waals surface area contributed by atoms with Gasteiger partial charge in [-0.25, -0.2) is 0 Å². The van der Waals surface area contributed by atoms with Crippen molar-refractivity contribution in [1.29, 1.82) is 0 Å². The Balaban J connectivity index is 2.23. The SMILES string of the molecule is CC1(C)CCC(C=O)C=C1c1cccc2ccccc12. The summed E-state index contributed by atoms with van der Waals surface area (Å²) in [7, 11) is 0. The van der Waals surface area contributed by atoms with E-state index < -0.39 is 0 Å². The molecule has 0 spiro atoms. The van der Waals surface area contributed by atoms with Crippen LogP contribution in [0.3, 0.4) is 0 Å². The largest absolute Gasteiger partial charge is 0.303 e. The average Bonchev–Trinajstić information content (AvgIpc) is 2.47. The van der Waals surface area contributed by atoms with E-state index in [1.807, 2.05) is 0 Å². The van der Waals surface area contributed by atoms with Gasteiger partial charge in [0.2, 0.25) is 0 Å². The van der Waals surface area contributed by atoms with E-state index >= 15 is 0 Å². The van der Waals surface area contributed by atoms with Gasteiger partial charge < -0.3 is 4.79 Å². The molecule has 2 aromatic rings. The lowest BCUT2D eigenvalue weighted by atomic mass is 9.70. The van der Waals surface area contributed by atoms with Gasteiger partial charge in [-0.1, -0.05) is 62.4 Å². The predicted molar refractivity (Wildman–Crippen MR) is 84.5 cm³/mol. The normalized spacial score (nSPS) is 21.5. The molecule has 1 nitrogen and oxygen atoms in total. The van der Waals surface area contributed by atoms with E-state index in [0.29, 0.717) is 0 Å². The molecule has 0 radical (unpaired) electrons. The summed E-state index contributed by atoms with van der Waals surface area (Å²) in [6, 6.07) is 14.9. The van der Waals surface area contributed by atoms with Gasteiger partial charge in [-0.3, -0.25) is 0 Å². The van der Waals surface area contributed by atoms with Crippen LogP contribution in [-0.4, -0.2) is 6.29 Å².